The van der Waals surface area contributed by atoms with Gasteiger partial charge in [0.05, 0.1) is 15.6 Å². The molecule has 5 rings (SSSR count). The van der Waals surface area contributed by atoms with Gasteiger partial charge in [0.15, 0.2) is 5.82 Å². The molecule has 0 bridgehead atoms. The van der Waals surface area contributed by atoms with E-state index < -0.39 is 0 Å². The number of fused-ring (bicyclic) bond motifs is 1. The fourth-order valence-electron chi connectivity index (χ4n) is 4.91. The van der Waals surface area contributed by atoms with Crippen LogP contribution in [0.2, 0.25) is 0 Å². The second kappa shape index (κ2) is 11.9. The number of carbonyl (C=O) groups is 1. The first-order valence-electron chi connectivity index (χ1n) is 12.3. The molecule has 0 saturated heterocycles. The van der Waals surface area contributed by atoms with Gasteiger partial charge in [0.25, 0.3) is 5.91 Å². The van der Waals surface area contributed by atoms with Crippen molar-refractivity contribution in [2.45, 2.75) is 44.9 Å². The number of aromatic nitrogens is 3. The molecule has 2 heterocycles. The topological polar surface area (TPSA) is 82.9 Å². The normalized spacial score (nSPS) is 11.0. The Labute approximate surface area is 246 Å². The number of halogens is 2. The number of anilines is 1. The number of aryl methyl sites for hydroxylation is 4. The molecule has 0 aliphatic heterocycles. The van der Waals surface area contributed by atoms with E-state index in [9.17, 15) is 9.90 Å². The van der Waals surface area contributed by atoms with E-state index >= 15 is 0 Å². The number of nitrogens with one attached hydrogen (secondary N) is 2. The van der Waals surface area contributed by atoms with E-state index in [4.69, 9.17) is 0 Å². The number of phenols is 1. The monoisotopic (exact) mass is 624 g/mol. The van der Waals surface area contributed by atoms with Crippen LogP contribution in [0.15, 0.2) is 70.2 Å². The van der Waals surface area contributed by atoms with E-state index in [0.29, 0.717) is 33.5 Å². The summed E-state index contributed by atoms with van der Waals surface area (Å²) in [5.41, 5.74) is 8.29. The zero-order chi connectivity index (χ0) is 27.0. The third kappa shape index (κ3) is 6.03. The molecule has 0 saturated carbocycles. The van der Waals surface area contributed by atoms with Gasteiger partial charge in [-0.05, 0) is 72.4 Å². The first kappa shape index (κ1) is 28.8. The number of nitrogens with zero attached hydrogens (tertiary/aromatic N) is 2. The van der Waals surface area contributed by atoms with Crippen LogP contribution in [0, 0.1) is 27.7 Å². The van der Waals surface area contributed by atoms with Crippen molar-refractivity contribution in [1.29, 1.82) is 0 Å². The Kier molecular flexibility index (Phi) is 8.79. The van der Waals surface area contributed by atoms with Crippen molar-refractivity contribution in [2.75, 3.05) is 5.32 Å². The number of rotatable bonds is 7. The fourth-order valence-corrected chi connectivity index (χ4v) is 6.40. The molecule has 0 spiro atoms. The molecule has 202 valence electrons. The van der Waals surface area contributed by atoms with Gasteiger partial charge in [-0.25, -0.2) is 0 Å². The van der Waals surface area contributed by atoms with Crippen LogP contribution in [0.3, 0.4) is 0 Å². The summed E-state index contributed by atoms with van der Waals surface area (Å²) in [5, 5.41) is 21.1. The summed E-state index contributed by atoms with van der Waals surface area (Å²) in [7, 11) is 0. The maximum absolute atomic E-state index is 13.8. The molecule has 0 aliphatic rings. The first-order valence-corrected chi connectivity index (χ1v) is 14.1. The summed E-state index contributed by atoms with van der Waals surface area (Å²) in [6.07, 6.45) is 1.67. The third-order valence-electron chi connectivity index (χ3n) is 6.63. The zero-order valence-corrected chi connectivity index (χ0v) is 25.4. The highest BCUT2D eigenvalue weighted by atomic mass is 79.9. The highest BCUT2D eigenvalue weighted by Crippen LogP contribution is 2.39. The van der Waals surface area contributed by atoms with Gasteiger partial charge in [-0.3, -0.25) is 9.89 Å². The predicted octanol–water partition coefficient (Wildman–Crippen LogP) is 8.08. The van der Waals surface area contributed by atoms with Crippen molar-refractivity contribution >= 4 is 62.7 Å². The number of aromatic hydroxyl groups is 1. The summed E-state index contributed by atoms with van der Waals surface area (Å²) >= 11 is 5.21. The summed E-state index contributed by atoms with van der Waals surface area (Å²) < 4.78 is 2.77. The van der Waals surface area contributed by atoms with Crippen LogP contribution in [0.5, 0.6) is 5.75 Å². The highest BCUT2D eigenvalue weighted by Gasteiger charge is 2.25. The van der Waals surface area contributed by atoms with E-state index in [0.717, 1.165) is 16.8 Å². The maximum Gasteiger partial charge on any atom is 0.259 e. The molecule has 0 unspecified atom stereocenters. The van der Waals surface area contributed by atoms with E-state index in [2.05, 4.69) is 100 Å². The summed E-state index contributed by atoms with van der Waals surface area (Å²) in [6.45, 7) is 9.02. The molecule has 0 aliphatic carbocycles. The Hall–Kier alpha value is -3.20. The summed E-state index contributed by atoms with van der Waals surface area (Å²) in [5.74, 6) is 0.842. The lowest BCUT2D eigenvalue weighted by atomic mass is 10.1. The van der Waals surface area contributed by atoms with Gasteiger partial charge in [-0.15, -0.1) is 24.2 Å². The van der Waals surface area contributed by atoms with Crippen LogP contribution < -0.4 is 5.32 Å². The number of hydrogen-bond acceptors (Lipinski definition) is 4. The molecule has 0 fully saturated rings. The van der Waals surface area contributed by atoms with E-state index in [1.54, 1.807) is 30.1 Å². The second-order valence-electron chi connectivity index (χ2n) is 9.64. The van der Waals surface area contributed by atoms with Crippen LogP contribution in [-0.2, 0) is 12.3 Å². The molecular formula is C30H30BrClN4O2S. The minimum Gasteiger partial charge on any atom is -0.507 e. The van der Waals surface area contributed by atoms with Crippen molar-refractivity contribution in [3.63, 3.8) is 0 Å². The lowest BCUT2D eigenvalue weighted by Crippen LogP contribution is -2.15. The number of hydrogen-bond donors (Lipinski definition) is 3. The number of carbonyl (C=O) groups excluding carboxylic acids is 1. The minimum atomic E-state index is -0.264. The fraction of sp³-hybridized carbons (Fsp3) is 0.200. The summed E-state index contributed by atoms with van der Waals surface area (Å²) in [6, 6.07) is 18.1. The van der Waals surface area contributed by atoms with Gasteiger partial charge >= 0.3 is 0 Å². The van der Waals surface area contributed by atoms with Crippen LogP contribution in [0.25, 0.3) is 10.9 Å². The predicted molar refractivity (Wildman–Crippen MR) is 166 cm³/mol. The van der Waals surface area contributed by atoms with Crippen molar-refractivity contribution in [3.05, 3.63) is 104 Å². The lowest BCUT2D eigenvalue weighted by molar-refractivity contribution is 0.102. The number of phenolic OH excluding ortho intramolecular Hbond substituents is 1. The largest absolute Gasteiger partial charge is 0.507 e. The van der Waals surface area contributed by atoms with Gasteiger partial charge in [0.2, 0.25) is 0 Å². The molecule has 6 nitrogen and oxygen atoms in total. The van der Waals surface area contributed by atoms with Crippen LogP contribution in [0.4, 0.5) is 5.82 Å². The van der Waals surface area contributed by atoms with Crippen molar-refractivity contribution in [2.24, 2.45) is 0 Å². The quantitative estimate of drug-likeness (QED) is 0.160. The Morgan fingerprint density at radius 2 is 1.72 bits per heavy atom. The molecule has 5 aromatic rings. The molecule has 9 heteroatoms. The first-order chi connectivity index (χ1) is 18.2. The Bertz CT molecular complexity index is 1620. The molecular weight excluding hydrogens is 596 g/mol. The average molecular weight is 626 g/mol. The van der Waals surface area contributed by atoms with Gasteiger partial charge in [0.1, 0.15) is 5.75 Å². The minimum absolute atomic E-state index is 0. The van der Waals surface area contributed by atoms with Gasteiger partial charge in [0, 0.05) is 40.5 Å². The van der Waals surface area contributed by atoms with E-state index in [1.165, 1.54) is 27.1 Å². The number of aromatic amines is 1. The average Bonchev–Trinajstić information content (AvgIpc) is 3.46. The number of thioether (sulfide) groups is 1. The lowest BCUT2D eigenvalue weighted by Gasteiger charge is -2.15. The van der Waals surface area contributed by atoms with Gasteiger partial charge in [-0.1, -0.05) is 47.5 Å². The van der Waals surface area contributed by atoms with E-state index in [1.807, 2.05) is 6.07 Å². The zero-order valence-electron chi connectivity index (χ0n) is 22.1. The van der Waals surface area contributed by atoms with E-state index in [-0.39, 0.29) is 24.1 Å². The van der Waals surface area contributed by atoms with Crippen LogP contribution >= 0.6 is 40.1 Å². The summed E-state index contributed by atoms with van der Waals surface area (Å²) in [4.78, 5) is 15.0. The highest BCUT2D eigenvalue weighted by molar-refractivity contribution is 9.10. The molecule has 0 radical (unpaired) electrons. The van der Waals surface area contributed by atoms with Crippen molar-refractivity contribution in [3.8, 4) is 5.75 Å². The molecule has 39 heavy (non-hydrogen) atoms. The van der Waals surface area contributed by atoms with Gasteiger partial charge < -0.3 is 15.0 Å². The van der Waals surface area contributed by atoms with Crippen molar-refractivity contribution in [1.82, 2.24) is 14.8 Å². The SMILES string of the molecule is Cc1ccc(Cn2c(CSc3c(C)cc(C)cc3C)c(C(=O)Nc3cc[nH]n3)c3cc(O)c(Br)cc32)cc1.Cl. The standard InChI is InChI=1S/C30H29BrN4O2S.ClH/c1-17-5-7-21(8-6-17)15-35-24-14-23(31)26(36)13-22(24)28(30(37)33-27-9-10-32-34-27)25(35)16-38-29-19(3)11-18(2)12-20(29)4;/h5-14,36H,15-16H2,1-4H3,(H2,32,33,34,37);1H. The molecule has 3 aromatic carbocycles. The maximum atomic E-state index is 13.8. The Morgan fingerprint density at radius 1 is 1.03 bits per heavy atom. The third-order valence-corrected chi connectivity index (χ3v) is 8.61. The molecule has 0 atom stereocenters. The van der Waals surface area contributed by atoms with Crippen molar-refractivity contribution < 1.29 is 9.90 Å². The number of amides is 1. The number of H-pyrrole nitrogens is 1. The van der Waals surface area contributed by atoms with Crippen LogP contribution in [-0.4, -0.2) is 25.8 Å². The smallest absolute Gasteiger partial charge is 0.259 e. The molecule has 3 N–H and O–H groups in total. The molecule has 2 aromatic heterocycles. The Morgan fingerprint density at radius 3 is 2.36 bits per heavy atom. The van der Waals surface area contributed by atoms with Gasteiger partial charge in [-0.2, -0.15) is 5.10 Å². The second-order valence-corrected chi connectivity index (χ2v) is 11.5. The Balaban J connectivity index is 0.00000353. The number of benzene rings is 3. The van der Waals surface area contributed by atoms with Crippen LogP contribution in [0.1, 0.15) is 43.9 Å². The molecule has 1 amide bonds.